The number of hydrogen-bond acceptors (Lipinski definition) is 4. The third kappa shape index (κ3) is 1.79. The van der Waals surface area contributed by atoms with Crippen molar-refractivity contribution in [2.75, 3.05) is 11.5 Å². The highest BCUT2D eigenvalue weighted by molar-refractivity contribution is 6.36. The fourth-order valence-electron chi connectivity index (χ4n) is 2.68. The van der Waals surface area contributed by atoms with Gasteiger partial charge in [-0.05, 0) is 11.5 Å². The van der Waals surface area contributed by atoms with Crippen molar-refractivity contribution in [2.45, 2.75) is 0 Å². The number of hydrogen-bond donors (Lipinski definition) is 2. The van der Waals surface area contributed by atoms with E-state index in [4.69, 9.17) is 23.1 Å². The molecule has 4 N–H and O–H groups in total. The summed E-state index contributed by atoms with van der Waals surface area (Å²) in [6.45, 7) is 0. The third-order valence-electron chi connectivity index (χ3n) is 3.66. The fraction of sp³-hybridized carbons (Fsp3) is 0. The molecule has 0 atom stereocenters. The van der Waals surface area contributed by atoms with E-state index >= 15 is 0 Å². The summed E-state index contributed by atoms with van der Waals surface area (Å²) in [5.41, 5.74) is 14.6. The summed E-state index contributed by atoms with van der Waals surface area (Å²) < 4.78 is 1.67. The highest BCUT2D eigenvalue weighted by Gasteiger charge is 2.13. The standard InChI is InChI=1S/C16H12ClN5/c17-12-6-5-11(9-3-1-2-4-10(9)12)14-8-20-16-13(18)7-15(19)21-22(14)16/h1-8H,18H2,(H2,19,21). The molecule has 0 amide bonds. The number of nitrogens with zero attached hydrogens (tertiary/aromatic N) is 3. The van der Waals surface area contributed by atoms with Crippen LogP contribution in [0, 0.1) is 0 Å². The van der Waals surface area contributed by atoms with Crippen molar-refractivity contribution in [2.24, 2.45) is 0 Å². The van der Waals surface area contributed by atoms with E-state index in [-0.39, 0.29) is 0 Å². The van der Waals surface area contributed by atoms with Crippen LogP contribution in [0.5, 0.6) is 0 Å². The average Bonchev–Trinajstić information content (AvgIpc) is 2.92. The molecular weight excluding hydrogens is 298 g/mol. The second kappa shape index (κ2) is 4.61. The number of nitrogens with two attached hydrogens (primary N) is 2. The number of halogens is 1. The summed E-state index contributed by atoms with van der Waals surface area (Å²) in [5.74, 6) is 0.350. The van der Waals surface area contributed by atoms with Crippen LogP contribution in [0.25, 0.3) is 27.7 Å². The lowest BCUT2D eigenvalue weighted by molar-refractivity contribution is 0.955. The van der Waals surface area contributed by atoms with Gasteiger partial charge in [-0.1, -0.05) is 41.9 Å². The first-order valence-electron chi connectivity index (χ1n) is 6.72. The number of nitrogen functional groups attached to an aromatic ring is 2. The zero-order chi connectivity index (χ0) is 15.3. The summed E-state index contributed by atoms with van der Waals surface area (Å²) in [5, 5.41) is 7.04. The van der Waals surface area contributed by atoms with Gasteiger partial charge < -0.3 is 11.5 Å². The predicted octanol–water partition coefficient (Wildman–Crippen LogP) is 3.37. The minimum absolute atomic E-state index is 0.350. The van der Waals surface area contributed by atoms with Crippen LogP contribution >= 0.6 is 11.6 Å². The largest absolute Gasteiger partial charge is 0.396 e. The Morgan fingerprint density at radius 1 is 1.00 bits per heavy atom. The van der Waals surface area contributed by atoms with Gasteiger partial charge in [-0.25, -0.2) is 9.50 Å². The van der Waals surface area contributed by atoms with Crippen molar-refractivity contribution >= 4 is 39.5 Å². The van der Waals surface area contributed by atoms with E-state index in [1.165, 1.54) is 0 Å². The molecule has 0 bridgehead atoms. The minimum Gasteiger partial charge on any atom is -0.396 e. The number of aromatic nitrogens is 3. The lowest BCUT2D eigenvalue weighted by Gasteiger charge is -2.08. The van der Waals surface area contributed by atoms with Gasteiger partial charge >= 0.3 is 0 Å². The second-order valence-electron chi connectivity index (χ2n) is 5.04. The van der Waals surface area contributed by atoms with E-state index < -0.39 is 0 Å². The number of rotatable bonds is 1. The summed E-state index contributed by atoms with van der Waals surface area (Å²) in [4.78, 5) is 4.35. The van der Waals surface area contributed by atoms with Gasteiger partial charge in [0.25, 0.3) is 0 Å². The summed E-state index contributed by atoms with van der Waals surface area (Å²) in [7, 11) is 0. The Kier molecular flexibility index (Phi) is 2.71. The molecule has 0 unspecified atom stereocenters. The number of benzene rings is 2. The Bertz CT molecular complexity index is 1020. The predicted molar refractivity (Wildman–Crippen MR) is 89.8 cm³/mol. The molecule has 0 radical (unpaired) electrons. The summed E-state index contributed by atoms with van der Waals surface area (Å²) in [6.07, 6.45) is 1.74. The van der Waals surface area contributed by atoms with Crippen molar-refractivity contribution in [1.29, 1.82) is 0 Å². The fourth-order valence-corrected chi connectivity index (χ4v) is 2.91. The van der Waals surface area contributed by atoms with Crippen LogP contribution in [-0.2, 0) is 0 Å². The maximum Gasteiger partial charge on any atom is 0.177 e. The molecule has 22 heavy (non-hydrogen) atoms. The lowest BCUT2D eigenvalue weighted by Crippen LogP contribution is -2.03. The zero-order valence-corrected chi connectivity index (χ0v) is 12.2. The molecule has 5 nitrogen and oxygen atoms in total. The number of anilines is 2. The molecule has 4 aromatic rings. The molecule has 4 rings (SSSR count). The van der Waals surface area contributed by atoms with Gasteiger partial charge in [-0.15, -0.1) is 5.10 Å². The van der Waals surface area contributed by atoms with Crippen LogP contribution in [-0.4, -0.2) is 14.6 Å². The molecular formula is C16H12ClN5. The Balaban J connectivity index is 2.10. The van der Waals surface area contributed by atoms with Crippen LogP contribution in [0.2, 0.25) is 5.02 Å². The first-order chi connectivity index (χ1) is 10.6. The van der Waals surface area contributed by atoms with Crippen molar-refractivity contribution in [3.63, 3.8) is 0 Å². The van der Waals surface area contributed by atoms with Crippen LogP contribution in [0.3, 0.4) is 0 Å². The molecule has 2 heterocycles. The van der Waals surface area contributed by atoms with Gasteiger partial charge in [0.1, 0.15) is 5.82 Å². The average molecular weight is 310 g/mol. The van der Waals surface area contributed by atoms with Crippen molar-refractivity contribution in [3.8, 4) is 11.3 Å². The molecule has 0 saturated heterocycles. The van der Waals surface area contributed by atoms with E-state index in [2.05, 4.69) is 10.1 Å². The monoisotopic (exact) mass is 309 g/mol. The quantitative estimate of drug-likeness (QED) is 0.565. The van der Waals surface area contributed by atoms with E-state index in [0.717, 1.165) is 22.0 Å². The molecule has 108 valence electrons. The molecule has 0 aliphatic carbocycles. The van der Waals surface area contributed by atoms with Crippen LogP contribution < -0.4 is 11.5 Å². The van der Waals surface area contributed by atoms with Crippen LogP contribution in [0.4, 0.5) is 11.5 Å². The van der Waals surface area contributed by atoms with Crippen molar-refractivity contribution in [1.82, 2.24) is 14.6 Å². The SMILES string of the molecule is Nc1cc(N)c2ncc(-c3ccc(Cl)c4ccccc34)n2n1. The van der Waals surface area contributed by atoms with Gasteiger partial charge in [0.15, 0.2) is 5.65 Å². The minimum atomic E-state index is 0.350. The first-order valence-corrected chi connectivity index (χ1v) is 7.10. The maximum absolute atomic E-state index is 6.28. The Labute approximate surface area is 131 Å². The molecule has 2 aromatic carbocycles. The van der Waals surface area contributed by atoms with E-state index in [1.807, 2.05) is 36.4 Å². The molecule has 0 aliphatic heterocycles. The van der Waals surface area contributed by atoms with Gasteiger partial charge in [0.05, 0.1) is 17.6 Å². The zero-order valence-electron chi connectivity index (χ0n) is 11.5. The maximum atomic E-state index is 6.28. The third-order valence-corrected chi connectivity index (χ3v) is 3.99. The topological polar surface area (TPSA) is 82.2 Å². The Morgan fingerprint density at radius 3 is 2.59 bits per heavy atom. The summed E-state index contributed by atoms with van der Waals surface area (Å²) >= 11 is 6.28. The second-order valence-corrected chi connectivity index (χ2v) is 5.45. The highest BCUT2D eigenvalue weighted by Crippen LogP contribution is 2.33. The van der Waals surface area contributed by atoms with Gasteiger partial charge in [-0.2, -0.15) is 0 Å². The molecule has 0 spiro atoms. The molecule has 2 aromatic heterocycles. The molecule has 6 heteroatoms. The van der Waals surface area contributed by atoms with Gasteiger partial charge in [0.2, 0.25) is 0 Å². The Morgan fingerprint density at radius 2 is 1.77 bits per heavy atom. The van der Waals surface area contributed by atoms with Gasteiger partial charge in [-0.3, -0.25) is 0 Å². The molecule has 0 saturated carbocycles. The van der Waals surface area contributed by atoms with Crippen molar-refractivity contribution in [3.05, 3.63) is 53.7 Å². The normalized spacial score (nSPS) is 11.3. The van der Waals surface area contributed by atoms with E-state index in [9.17, 15) is 0 Å². The highest BCUT2D eigenvalue weighted by atomic mass is 35.5. The number of imidazole rings is 1. The van der Waals surface area contributed by atoms with Crippen LogP contribution in [0.1, 0.15) is 0 Å². The summed E-state index contributed by atoms with van der Waals surface area (Å²) in [6, 6.07) is 13.4. The Hall–Kier alpha value is -2.79. The smallest absolute Gasteiger partial charge is 0.177 e. The van der Waals surface area contributed by atoms with Gasteiger partial charge in [0, 0.05) is 22.0 Å². The molecule has 0 aliphatic rings. The van der Waals surface area contributed by atoms with E-state index in [0.29, 0.717) is 22.2 Å². The van der Waals surface area contributed by atoms with Crippen LogP contribution in [0.15, 0.2) is 48.7 Å². The van der Waals surface area contributed by atoms with E-state index in [1.54, 1.807) is 16.8 Å². The first kappa shape index (κ1) is 12.9. The number of fused-ring (bicyclic) bond motifs is 2. The van der Waals surface area contributed by atoms with Crippen molar-refractivity contribution < 1.29 is 0 Å². The molecule has 0 fully saturated rings. The lowest BCUT2D eigenvalue weighted by atomic mass is 10.0.